The lowest BCUT2D eigenvalue weighted by Crippen LogP contribution is -2.20. The average Bonchev–Trinajstić information content (AvgIpc) is 2.58. The van der Waals surface area contributed by atoms with E-state index >= 15 is 0 Å². The van der Waals surface area contributed by atoms with Gasteiger partial charge in [0.05, 0.1) is 6.20 Å². The lowest BCUT2D eigenvalue weighted by atomic mass is 10.2. The van der Waals surface area contributed by atoms with E-state index in [0.29, 0.717) is 22.1 Å². The van der Waals surface area contributed by atoms with Crippen LogP contribution in [0.25, 0.3) is 0 Å². The molecule has 0 radical (unpaired) electrons. The topological polar surface area (TPSA) is 37.8 Å². The SMILES string of the molecule is CC1CC(Nc2nc(Cl)ncc2Cl)CS1. The van der Waals surface area contributed by atoms with E-state index in [1.165, 1.54) is 6.20 Å². The molecule has 1 fully saturated rings. The van der Waals surface area contributed by atoms with Gasteiger partial charge in [-0.3, -0.25) is 0 Å². The van der Waals surface area contributed by atoms with Crippen LogP contribution in [0.3, 0.4) is 0 Å². The van der Waals surface area contributed by atoms with Crippen molar-refractivity contribution >= 4 is 40.8 Å². The molecule has 2 unspecified atom stereocenters. The fourth-order valence-electron chi connectivity index (χ4n) is 1.56. The zero-order valence-electron chi connectivity index (χ0n) is 8.20. The van der Waals surface area contributed by atoms with Crippen LogP contribution in [0.2, 0.25) is 10.3 Å². The number of hydrogen-bond acceptors (Lipinski definition) is 4. The van der Waals surface area contributed by atoms with Gasteiger partial charge in [0.15, 0.2) is 0 Å². The summed E-state index contributed by atoms with van der Waals surface area (Å²) in [6, 6.07) is 0.425. The largest absolute Gasteiger partial charge is 0.365 e. The first-order valence-electron chi connectivity index (χ1n) is 4.71. The number of thioether (sulfide) groups is 1. The van der Waals surface area contributed by atoms with Gasteiger partial charge < -0.3 is 5.32 Å². The van der Waals surface area contributed by atoms with E-state index in [2.05, 4.69) is 22.2 Å². The minimum Gasteiger partial charge on any atom is -0.365 e. The molecule has 0 amide bonds. The lowest BCUT2D eigenvalue weighted by molar-refractivity contribution is 0.743. The number of nitrogens with zero attached hydrogens (tertiary/aromatic N) is 2. The number of anilines is 1. The summed E-state index contributed by atoms with van der Waals surface area (Å²) in [5.41, 5.74) is 0. The number of aromatic nitrogens is 2. The molecular formula is C9H11Cl2N3S. The highest BCUT2D eigenvalue weighted by Crippen LogP contribution is 2.29. The summed E-state index contributed by atoms with van der Waals surface area (Å²) in [7, 11) is 0. The molecule has 2 atom stereocenters. The van der Waals surface area contributed by atoms with Crippen LogP contribution in [0.15, 0.2) is 6.20 Å². The van der Waals surface area contributed by atoms with Gasteiger partial charge in [-0.05, 0) is 18.0 Å². The molecule has 82 valence electrons. The van der Waals surface area contributed by atoms with Gasteiger partial charge in [-0.15, -0.1) is 0 Å². The Hall–Kier alpha value is -0.190. The Morgan fingerprint density at radius 2 is 2.33 bits per heavy atom. The molecule has 15 heavy (non-hydrogen) atoms. The van der Waals surface area contributed by atoms with Crippen LogP contribution >= 0.6 is 35.0 Å². The summed E-state index contributed by atoms with van der Waals surface area (Å²) in [5, 5.41) is 4.73. The van der Waals surface area contributed by atoms with E-state index in [-0.39, 0.29) is 5.28 Å². The molecule has 1 saturated heterocycles. The van der Waals surface area contributed by atoms with Crippen molar-refractivity contribution in [1.29, 1.82) is 0 Å². The molecule has 1 aliphatic heterocycles. The van der Waals surface area contributed by atoms with E-state index in [1.807, 2.05) is 11.8 Å². The van der Waals surface area contributed by atoms with Crippen LogP contribution in [0, 0.1) is 0 Å². The Morgan fingerprint density at radius 3 is 3.00 bits per heavy atom. The summed E-state index contributed by atoms with van der Waals surface area (Å²) in [4.78, 5) is 7.87. The first-order valence-corrected chi connectivity index (χ1v) is 6.52. The quantitative estimate of drug-likeness (QED) is 0.833. The molecule has 0 aliphatic carbocycles. The Bertz CT molecular complexity index is 361. The van der Waals surface area contributed by atoms with Gasteiger partial charge in [0, 0.05) is 17.0 Å². The van der Waals surface area contributed by atoms with Crippen LogP contribution in [0.5, 0.6) is 0 Å². The van der Waals surface area contributed by atoms with Gasteiger partial charge in [-0.1, -0.05) is 18.5 Å². The zero-order chi connectivity index (χ0) is 10.8. The second-order valence-electron chi connectivity index (χ2n) is 3.56. The molecule has 0 spiro atoms. The Balaban J connectivity index is 2.07. The first kappa shape index (κ1) is 11.3. The van der Waals surface area contributed by atoms with Crippen molar-refractivity contribution in [2.24, 2.45) is 0 Å². The molecule has 1 aliphatic rings. The zero-order valence-corrected chi connectivity index (χ0v) is 10.5. The monoisotopic (exact) mass is 263 g/mol. The minimum absolute atomic E-state index is 0.223. The van der Waals surface area contributed by atoms with Gasteiger partial charge in [0.25, 0.3) is 0 Å². The third-order valence-corrected chi connectivity index (χ3v) is 4.07. The highest BCUT2D eigenvalue weighted by molar-refractivity contribution is 8.00. The molecular weight excluding hydrogens is 253 g/mol. The predicted molar refractivity (Wildman–Crippen MR) is 66.0 cm³/mol. The van der Waals surface area contributed by atoms with Crippen molar-refractivity contribution in [3.8, 4) is 0 Å². The van der Waals surface area contributed by atoms with Crippen molar-refractivity contribution in [3.05, 3.63) is 16.5 Å². The molecule has 2 heterocycles. The maximum Gasteiger partial charge on any atom is 0.224 e. The first-order chi connectivity index (χ1) is 7.15. The third kappa shape index (κ3) is 2.89. The Labute approximate surface area is 103 Å². The molecule has 0 bridgehead atoms. The summed E-state index contributed by atoms with van der Waals surface area (Å²) >= 11 is 13.6. The molecule has 1 aromatic heterocycles. The van der Waals surface area contributed by atoms with Crippen molar-refractivity contribution in [2.75, 3.05) is 11.1 Å². The number of halogens is 2. The Kier molecular flexibility index (Phi) is 3.59. The van der Waals surface area contributed by atoms with Gasteiger partial charge in [0.2, 0.25) is 5.28 Å². The van der Waals surface area contributed by atoms with E-state index in [0.717, 1.165) is 12.2 Å². The van der Waals surface area contributed by atoms with Crippen molar-refractivity contribution in [3.63, 3.8) is 0 Å². The second-order valence-corrected chi connectivity index (χ2v) is 5.77. The third-order valence-electron chi connectivity index (χ3n) is 2.25. The molecule has 0 aromatic carbocycles. The van der Waals surface area contributed by atoms with E-state index in [9.17, 15) is 0 Å². The standard InChI is InChI=1S/C9H11Cl2N3S/c1-5-2-6(4-15-5)13-8-7(10)3-12-9(11)14-8/h3,5-6H,2,4H2,1H3,(H,12,13,14). The number of rotatable bonds is 2. The average molecular weight is 264 g/mol. The number of nitrogens with one attached hydrogen (secondary N) is 1. The molecule has 6 heteroatoms. The van der Waals surface area contributed by atoms with E-state index < -0.39 is 0 Å². The van der Waals surface area contributed by atoms with Gasteiger partial charge in [-0.2, -0.15) is 16.7 Å². The second kappa shape index (κ2) is 4.76. The fraction of sp³-hybridized carbons (Fsp3) is 0.556. The van der Waals surface area contributed by atoms with Gasteiger partial charge in [-0.25, -0.2) is 4.98 Å². The summed E-state index contributed by atoms with van der Waals surface area (Å²) in [5.74, 6) is 1.72. The van der Waals surface area contributed by atoms with Crippen LogP contribution in [-0.4, -0.2) is 27.0 Å². The summed E-state index contributed by atoms with van der Waals surface area (Å²) in [6.45, 7) is 2.22. The highest BCUT2D eigenvalue weighted by Gasteiger charge is 2.22. The highest BCUT2D eigenvalue weighted by atomic mass is 35.5. The lowest BCUT2D eigenvalue weighted by Gasteiger charge is -2.13. The van der Waals surface area contributed by atoms with E-state index in [1.54, 1.807) is 0 Å². The minimum atomic E-state index is 0.223. The fourth-order valence-corrected chi connectivity index (χ4v) is 2.99. The van der Waals surface area contributed by atoms with Crippen molar-refractivity contribution < 1.29 is 0 Å². The Morgan fingerprint density at radius 1 is 1.53 bits per heavy atom. The van der Waals surface area contributed by atoms with E-state index in [4.69, 9.17) is 23.2 Å². The molecule has 0 saturated carbocycles. The molecule has 2 rings (SSSR count). The number of hydrogen-bond donors (Lipinski definition) is 1. The van der Waals surface area contributed by atoms with Gasteiger partial charge in [0.1, 0.15) is 10.8 Å². The van der Waals surface area contributed by atoms with Crippen LogP contribution in [0.4, 0.5) is 5.82 Å². The molecule has 3 nitrogen and oxygen atoms in total. The van der Waals surface area contributed by atoms with Crippen molar-refractivity contribution in [2.45, 2.75) is 24.6 Å². The predicted octanol–water partition coefficient (Wildman–Crippen LogP) is 3.09. The van der Waals surface area contributed by atoms with Crippen LogP contribution in [0.1, 0.15) is 13.3 Å². The molecule has 1 N–H and O–H groups in total. The summed E-state index contributed by atoms with van der Waals surface area (Å²) < 4.78 is 0. The summed E-state index contributed by atoms with van der Waals surface area (Å²) in [6.07, 6.45) is 2.65. The normalized spacial score (nSPS) is 25.5. The maximum absolute atomic E-state index is 5.96. The molecule has 1 aromatic rings. The van der Waals surface area contributed by atoms with Crippen LogP contribution in [-0.2, 0) is 0 Å². The maximum atomic E-state index is 5.96. The van der Waals surface area contributed by atoms with Crippen LogP contribution < -0.4 is 5.32 Å². The van der Waals surface area contributed by atoms with Gasteiger partial charge >= 0.3 is 0 Å². The van der Waals surface area contributed by atoms with Crippen molar-refractivity contribution in [1.82, 2.24) is 9.97 Å². The smallest absolute Gasteiger partial charge is 0.224 e.